The Bertz CT molecular complexity index is 500. The number of hydrogen-bond donors (Lipinski definition) is 1. The number of rotatable bonds is 3. The predicted molar refractivity (Wildman–Crippen MR) is 66.9 cm³/mol. The van der Waals surface area contributed by atoms with Crippen LogP contribution in [0.1, 0.15) is 25.7 Å². The van der Waals surface area contributed by atoms with Crippen molar-refractivity contribution in [2.45, 2.75) is 43.3 Å². The van der Waals surface area contributed by atoms with Crippen molar-refractivity contribution >= 4 is 16.0 Å². The second kappa shape index (κ2) is 5.73. The number of nitrogens with zero attached hydrogens (tertiary/aromatic N) is 2. The fourth-order valence-corrected chi connectivity index (χ4v) is 4.04. The van der Waals surface area contributed by atoms with Crippen molar-refractivity contribution in [1.82, 2.24) is 9.21 Å². The highest BCUT2D eigenvalue weighted by Gasteiger charge is 2.51. The van der Waals surface area contributed by atoms with Crippen molar-refractivity contribution in [3.63, 3.8) is 0 Å². The van der Waals surface area contributed by atoms with Crippen molar-refractivity contribution < 1.29 is 31.5 Å². The van der Waals surface area contributed by atoms with Gasteiger partial charge in [0.15, 0.2) is 0 Å². The average molecular weight is 330 g/mol. The molecule has 21 heavy (non-hydrogen) atoms. The monoisotopic (exact) mass is 330 g/mol. The second-order valence-electron chi connectivity index (χ2n) is 5.32. The van der Waals surface area contributed by atoms with Gasteiger partial charge in [0.2, 0.25) is 0 Å². The summed E-state index contributed by atoms with van der Waals surface area (Å²) in [5.74, 6) is -0.933. The molecule has 1 atom stereocenters. The van der Waals surface area contributed by atoms with Gasteiger partial charge in [0.25, 0.3) is 0 Å². The number of likely N-dealkylation sites (tertiary alicyclic amines) is 1. The van der Waals surface area contributed by atoms with Gasteiger partial charge in [0.1, 0.15) is 6.04 Å². The molecule has 0 amide bonds. The summed E-state index contributed by atoms with van der Waals surface area (Å²) in [7, 11) is -5.28. The minimum Gasteiger partial charge on any atom is -0.480 e. The number of carboxylic acids is 1. The largest absolute Gasteiger partial charge is 0.511 e. The Balaban J connectivity index is 1.99. The van der Waals surface area contributed by atoms with Crippen LogP contribution in [0.15, 0.2) is 0 Å². The maximum atomic E-state index is 12.5. The van der Waals surface area contributed by atoms with E-state index >= 15 is 0 Å². The van der Waals surface area contributed by atoms with E-state index in [2.05, 4.69) is 0 Å². The van der Waals surface area contributed by atoms with Crippen LogP contribution in [0.25, 0.3) is 0 Å². The van der Waals surface area contributed by atoms with Crippen molar-refractivity contribution in [2.24, 2.45) is 0 Å². The molecule has 1 N–H and O–H groups in total. The Morgan fingerprint density at radius 3 is 2.14 bits per heavy atom. The lowest BCUT2D eigenvalue weighted by Gasteiger charge is -2.37. The van der Waals surface area contributed by atoms with Crippen molar-refractivity contribution in [2.75, 3.05) is 19.6 Å². The molecule has 0 radical (unpaired) electrons. The van der Waals surface area contributed by atoms with Crippen LogP contribution in [0.4, 0.5) is 13.2 Å². The van der Waals surface area contributed by atoms with Gasteiger partial charge in [-0.3, -0.25) is 9.69 Å². The maximum Gasteiger partial charge on any atom is 0.511 e. The van der Waals surface area contributed by atoms with E-state index in [0.717, 1.165) is 6.42 Å². The highest BCUT2D eigenvalue weighted by Crippen LogP contribution is 2.31. The zero-order valence-electron chi connectivity index (χ0n) is 11.2. The molecule has 2 fully saturated rings. The van der Waals surface area contributed by atoms with Crippen LogP contribution >= 0.6 is 0 Å². The fraction of sp³-hybridized carbons (Fsp3) is 0.909. The third kappa shape index (κ3) is 3.16. The molecule has 2 aliphatic rings. The predicted octanol–water partition coefficient (Wildman–Crippen LogP) is 0.849. The number of sulfonamides is 1. The van der Waals surface area contributed by atoms with Gasteiger partial charge >= 0.3 is 21.5 Å². The van der Waals surface area contributed by atoms with E-state index in [-0.39, 0.29) is 32.0 Å². The molecule has 2 saturated heterocycles. The zero-order chi connectivity index (χ0) is 15.8. The lowest BCUT2D eigenvalue weighted by Crippen LogP contribution is -2.51. The van der Waals surface area contributed by atoms with E-state index in [0.29, 0.717) is 17.3 Å². The second-order valence-corrected chi connectivity index (χ2v) is 7.24. The van der Waals surface area contributed by atoms with Gasteiger partial charge in [-0.1, -0.05) is 0 Å². The van der Waals surface area contributed by atoms with Gasteiger partial charge in [-0.25, -0.2) is 8.42 Å². The Morgan fingerprint density at radius 2 is 1.67 bits per heavy atom. The molecule has 1 unspecified atom stereocenters. The van der Waals surface area contributed by atoms with Gasteiger partial charge < -0.3 is 5.11 Å². The number of hydrogen-bond acceptors (Lipinski definition) is 4. The first-order valence-electron chi connectivity index (χ1n) is 6.69. The summed E-state index contributed by atoms with van der Waals surface area (Å²) in [6.07, 6.45) is 1.70. The SMILES string of the molecule is O=C(O)C1CCCN1C1CCN(S(=O)(=O)C(F)(F)F)CC1. The molecule has 0 aromatic rings. The number of alkyl halides is 3. The lowest BCUT2D eigenvalue weighted by molar-refractivity contribution is -0.143. The van der Waals surface area contributed by atoms with Gasteiger partial charge in [0.05, 0.1) is 0 Å². The molecule has 0 aromatic carbocycles. The number of piperidine rings is 1. The quantitative estimate of drug-likeness (QED) is 0.830. The van der Waals surface area contributed by atoms with Crippen molar-refractivity contribution in [3.8, 4) is 0 Å². The smallest absolute Gasteiger partial charge is 0.480 e. The molecular formula is C11H17F3N2O4S. The first-order chi connectivity index (χ1) is 9.64. The summed E-state index contributed by atoms with van der Waals surface area (Å²) in [4.78, 5) is 12.9. The third-order valence-corrected chi connectivity index (χ3v) is 5.73. The molecule has 6 nitrogen and oxygen atoms in total. The van der Waals surface area contributed by atoms with E-state index in [1.807, 2.05) is 0 Å². The zero-order valence-corrected chi connectivity index (χ0v) is 12.0. The highest BCUT2D eigenvalue weighted by atomic mass is 32.2. The van der Waals surface area contributed by atoms with Crippen LogP contribution in [0, 0.1) is 0 Å². The Labute approximate surface area is 120 Å². The summed E-state index contributed by atoms with van der Waals surface area (Å²) >= 11 is 0. The van der Waals surface area contributed by atoms with Gasteiger partial charge in [-0.2, -0.15) is 17.5 Å². The minimum atomic E-state index is -5.28. The number of halogens is 3. The third-order valence-electron chi connectivity index (χ3n) is 4.10. The topological polar surface area (TPSA) is 77.9 Å². The summed E-state index contributed by atoms with van der Waals surface area (Å²) in [5.41, 5.74) is -5.28. The lowest BCUT2D eigenvalue weighted by atomic mass is 10.0. The number of aliphatic carboxylic acids is 1. The molecule has 0 saturated carbocycles. The summed E-state index contributed by atoms with van der Waals surface area (Å²) in [5, 5.41) is 9.11. The van der Waals surface area contributed by atoms with E-state index in [1.54, 1.807) is 4.90 Å². The molecule has 2 rings (SSSR count). The number of carboxylic acid groups (broad SMARTS) is 1. The molecule has 0 aromatic heterocycles. The molecule has 0 aliphatic carbocycles. The Kier molecular flexibility index (Phi) is 4.50. The van der Waals surface area contributed by atoms with Gasteiger partial charge in [0, 0.05) is 19.1 Å². The van der Waals surface area contributed by atoms with Gasteiger partial charge in [-0.05, 0) is 32.2 Å². The van der Waals surface area contributed by atoms with Crippen LogP contribution in [-0.2, 0) is 14.8 Å². The molecule has 122 valence electrons. The maximum absolute atomic E-state index is 12.5. The molecule has 0 spiro atoms. The van der Waals surface area contributed by atoms with Crippen LogP contribution in [-0.4, -0.2) is 65.9 Å². The molecule has 2 heterocycles. The standard InChI is InChI=1S/C11H17F3N2O4S/c12-11(13,14)21(19,20)15-6-3-8(4-7-15)16-5-1-2-9(16)10(17)18/h8-9H,1-7H2,(H,17,18). The Hall–Kier alpha value is -0.870. The average Bonchev–Trinajstić information content (AvgIpc) is 2.86. The normalized spacial score (nSPS) is 27.1. The summed E-state index contributed by atoms with van der Waals surface area (Å²) < 4.78 is 60.4. The first-order valence-corrected chi connectivity index (χ1v) is 8.13. The van der Waals surface area contributed by atoms with Crippen LogP contribution in [0.5, 0.6) is 0 Å². The van der Waals surface area contributed by atoms with Crippen LogP contribution in [0.2, 0.25) is 0 Å². The minimum absolute atomic E-state index is 0.173. The summed E-state index contributed by atoms with van der Waals surface area (Å²) in [6, 6.07) is -0.783. The highest BCUT2D eigenvalue weighted by molar-refractivity contribution is 7.90. The number of carbonyl (C=O) groups is 1. The van der Waals surface area contributed by atoms with Crippen molar-refractivity contribution in [1.29, 1.82) is 0 Å². The molecule has 10 heteroatoms. The van der Waals surface area contributed by atoms with E-state index in [1.165, 1.54) is 0 Å². The molecule has 0 bridgehead atoms. The molecule has 2 aliphatic heterocycles. The van der Waals surface area contributed by atoms with E-state index < -0.39 is 27.5 Å². The van der Waals surface area contributed by atoms with Gasteiger partial charge in [-0.15, -0.1) is 0 Å². The van der Waals surface area contributed by atoms with Crippen LogP contribution in [0.3, 0.4) is 0 Å². The fourth-order valence-electron chi connectivity index (χ4n) is 3.05. The van der Waals surface area contributed by atoms with E-state index in [9.17, 15) is 26.4 Å². The Morgan fingerprint density at radius 1 is 1.10 bits per heavy atom. The molecular weight excluding hydrogens is 313 g/mol. The first kappa shape index (κ1) is 16.5. The van der Waals surface area contributed by atoms with E-state index in [4.69, 9.17) is 5.11 Å². The van der Waals surface area contributed by atoms with Crippen LogP contribution < -0.4 is 0 Å². The summed E-state index contributed by atoms with van der Waals surface area (Å²) in [6.45, 7) is 0.137. The van der Waals surface area contributed by atoms with Crippen molar-refractivity contribution in [3.05, 3.63) is 0 Å².